The van der Waals surface area contributed by atoms with Gasteiger partial charge in [0.15, 0.2) is 0 Å². The van der Waals surface area contributed by atoms with E-state index in [0.29, 0.717) is 6.42 Å². The second kappa shape index (κ2) is 8.05. The van der Waals surface area contributed by atoms with Crippen LogP contribution in [0.4, 0.5) is 0 Å². The van der Waals surface area contributed by atoms with Crippen molar-refractivity contribution in [3.63, 3.8) is 0 Å². The number of carboxylic acids is 1. The highest BCUT2D eigenvalue weighted by atomic mass is 16.4. The summed E-state index contributed by atoms with van der Waals surface area (Å²) in [6.45, 7) is 5.76. The Labute approximate surface area is 108 Å². The number of aliphatic carboxylic acids is 1. The van der Waals surface area contributed by atoms with Gasteiger partial charge in [-0.25, -0.2) is 4.79 Å². The van der Waals surface area contributed by atoms with Gasteiger partial charge in [-0.1, -0.05) is 13.3 Å². The molecule has 1 atom stereocenters. The molecule has 1 aliphatic heterocycles. The van der Waals surface area contributed by atoms with Gasteiger partial charge in [0.25, 0.3) is 0 Å². The molecule has 0 aromatic carbocycles. The maximum Gasteiger partial charge on any atom is 0.326 e. The molecule has 0 aromatic heterocycles. The van der Waals surface area contributed by atoms with Crippen LogP contribution in [0, 0.1) is 0 Å². The quantitative estimate of drug-likeness (QED) is 0.606. The molecule has 0 aliphatic carbocycles. The number of nitrogens with zero attached hydrogens (tertiary/aromatic N) is 1. The van der Waals surface area contributed by atoms with Gasteiger partial charge in [0.1, 0.15) is 6.04 Å². The molecule has 1 saturated heterocycles. The first kappa shape index (κ1) is 14.9. The molecule has 1 fully saturated rings. The minimum atomic E-state index is -0.956. The molecule has 1 amide bonds. The third-order valence-corrected chi connectivity index (χ3v) is 3.01. The number of hydrogen-bond acceptors (Lipinski definition) is 4. The van der Waals surface area contributed by atoms with Gasteiger partial charge >= 0.3 is 5.97 Å². The fraction of sp³-hybridized carbons (Fsp3) is 0.833. The first-order valence-electron chi connectivity index (χ1n) is 6.58. The summed E-state index contributed by atoms with van der Waals surface area (Å²) in [4.78, 5) is 24.8. The van der Waals surface area contributed by atoms with E-state index in [1.165, 1.54) is 0 Å². The van der Waals surface area contributed by atoms with E-state index in [4.69, 9.17) is 5.11 Å². The molecular formula is C12H23N3O3. The highest BCUT2D eigenvalue weighted by Gasteiger charge is 2.20. The molecule has 1 heterocycles. The Morgan fingerprint density at radius 2 is 2.17 bits per heavy atom. The highest BCUT2D eigenvalue weighted by molar-refractivity contribution is 5.84. The normalized spacial score (nSPS) is 18.9. The Kier molecular flexibility index (Phi) is 6.67. The predicted octanol–water partition coefficient (Wildman–Crippen LogP) is -0.349. The lowest BCUT2D eigenvalue weighted by atomic mass is 10.1. The molecule has 0 unspecified atom stereocenters. The number of carboxylic acid groups (broad SMARTS) is 1. The molecule has 104 valence electrons. The average molecular weight is 257 g/mol. The van der Waals surface area contributed by atoms with Gasteiger partial charge in [0.2, 0.25) is 5.91 Å². The van der Waals surface area contributed by atoms with Crippen molar-refractivity contribution in [2.75, 3.05) is 32.7 Å². The monoisotopic (exact) mass is 257 g/mol. The number of amides is 1. The molecule has 18 heavy (non-hydrogen) atoms. The lowest BCUT2D eigenvalue weighted by Gasteiger charge is -2.20. The lowest BCUT2D eigenvalue weighted by Crippen LogP contribution is -2.46. The Hall–Kier alpha value is -1.14. The standard InChI is InChI=1S/C12H23N3O3/c1-2-4-10(12(17)18)14-11(16)9-15-7-3-5-13-6-8-15/h10,13H,2-9H2,1H3,(H,14,16)(H,17,18)/t10-/m0/s1. The summed E-state index contributed by atoms with van der Waals surface area (Å²) < 4.78 is 0. The van der Waals surface area contributed by atoms with E-state index in [0.717, 1.165) is 39.0 Å². The summed E-state index contributed by atoms with van der Waals surface area (Å²) in [6.07, 6.45) is 2.23. The Bertz CT molecular complexity index is 276. The zero-order valence-electron chi connectivity index (χ0n) is 10.9. The molecule has 0 radical (unpaired) electrons. The molecule has 0 aromatic rings. The first-order chi connectivity index (χ1) is 8.63. The maximum atomic E-state index is 11.8. The van der Waals surface area contributed by atoms with Crippen molar-refractivity contribution >= 4 is 11.9 Å². The van der Waals surface area contributed by atoms with Crippen molar-refractivity contribution in [3.05, 3.63) is 0 Å². The van der Waals surface area contributed by atoms with Gasteiger partial charge in [-0.15, -0.1) is 0 Å². The van der Waals surface area contributed by atoms with E-state index in [2.05, 4.69) is 15.5 Å². The summed E-state index contributed by atoms with van der Waals surface area (Å²) in [6, 6.07) is -0.757. The van der Waals surface area contributed by atoms with Crippen LogP contribution >= 0.6 is 0 Å². The second-order valence-corrected chi connectivity index (χ2v) is 4.63. The summed E-state index contributed by atoms with van der Waals surface area (Å²) >= 11 is 0. The summed E-state index contributed by atoms with van der Waals surface area (Å²) in [5, 5.41) is 14.8. The zero-order chi connectivity index (χ0) is 13.4. The van der Waals surface area contributed by atoms with Crippen molar-refractivity contribution in [1.29, 1.82) is 0 Å². The zero-order valence-corrected chi connectivity index (χ0v) is 10.9. The van der Waals surface area contributed by atoms with Crippen LogP contribution in [0.15, 0.2) is 0 Å². The summed E-state index contributed by atoms with van der Waals surface area (Å²) in [5.41, 5.74) is 0. The van der Waals surface area contributed by atoms with Gasteiger partial charge in [-0.2, -0.15) is 0 Å². The van der Waals surface area contributed by atoms with Gasteiger partial charge < -0.3 is 15.7 Å². The summed E-state index contributed by atoms with van der Waals surface area (Å²) in [7, 11) is 0. The van der Waals surface area contributed by atoms with Gasteiger partial charge in [-0.3, -0.25) is 9.69 Å². The van der Waals surface area contributed by atoms with E-state index < -0.39 is 12.0 Å². The Morgan fingerprint density at radius 1 is 1.39 bits per heavy atom. The van der Waals surface area contributed by atoms with E-state index in [1.54, 1.807) is 0 Å². The summed E-state index contributed by atoms with van der Waals surface area (Å²) in [5.74, 6) is -1.15. The molecule has 1 rings (SSSR count). The Balaban J connectivity index is 2.36. The van der Waals surface area contributed by atoms with Gasteiger partial charge in [-0.05, 0) is 25.9 Å². The molecule has 0 spiro atoms. The molecular weight excluding hydrogens is 234 g/mol. The van der Waals surface area contributed by atoms with Crippen LogP contribution in [0.1, 0.15) is 26.2 Å². The van der Waals surface area contributed by atoms with E-state index >= 15 is 0 Å². The fourth-order valence-corrected chi connectivity index (χ4v) is 2.05. The van der Waals surface area contributed by atoms with Crippen molar-refractivity contribution < 1.29 is 14.7 Å². The first-order valence-corrected chi connectivity index (χ1v) is 6.58. The molecule has 1 aliphatic rings. The van der Waals surface area contributed by atoms with Crippen molar-refractivity contribution in [2.45, 2.75) is 32.2 Å². The number of rotatable bonds is 6. The van der Waals surface area contributed by atoms with Crippen molar-refractivity contribution in [1.82, 2.24) is 15.5 Å². The fourth-order valence-electron chi connectivity index (χ4n) is 2.05. The number of nitrogens with one attached hydrogen (secondary N) is 2. The van der Waals surface area contributed by atoms with E-state index in [9.17, 15) is 9.59 Å². The molecule has 0 saturated carbocycles. The van der Waals surface area contributed by atoms with Crippen LogP contribution in [0.25, 0.3) is 0 Å². The Morgan fingerprint density at radius 3 is 2.83 bits per heavy atom. The van der Waals surface area contributed by atoms with Crippen LogP contribution < -0.4 is 10.6 Å². The van der Waals surface area contributed by atoms with Crippen LogP contribution in [0.3, 0.4) is 0 Å². The molecule has 6 nitrogen and oxygen atoms in total. The predicted molar refractivity (Wildman–Crippen MR) is 68.4 cm³/mol. The van der Waals surface area contributed by atoms with E-state index in [-0.39, 0.29) is 12.5 Å². The molecule has 0 bridgehead atoms. The number of carbonyl (C=O) groups is 2. The maximum absolute atomic E-state index is 11.8. The molecule has 6 heteroatoms. The van der Waals surface area contributed by atoms with Crippen LogP contribution in [-0.2, 0) is 9.59 Å². The van der Waals surface area contributed by atoms with Crippen molar-refractivity contribution in [3.8, 4) is 0 Å². The highest BCUT2D eigenvalue weighted by Crippen LogP contribution is 1.99. The average Bonchev–Trinajstić information content (AvgIpc) is 2.57. The number of carbonyl (C=O) groups excluding carboxylic acids is 1. The van der Waals surface area contributed by atoms with Crippen LogP contribution in [0.5, 0.6) is 0 Å². The smallest absolute Gasteiger partial charge is 0.326 e. The van der Waals surface area contributed by atoms with Gasteiger partial charge in [0, 0.05) is 13.1 Å². The topological polar surface area (TPSA) is 81.7 Å². The number of hydrogen-bond donors (Lipinski definition) is 3. The lowest BCUT2D eigenvalue weighted by molar-refractivity contribution is -0.142. The minimum absolute atomic E-state index is 0.197. The third kappa shape index (κ3) is 5.46. The van der Waals surface area contributed by atoms with E-state index in [1.807, 2.05) is 6.92 Å². The van der Waals surface area contributed by atoms with Gasteiger partial charge in [0.05, 0.1) is 6.54 Å². The SMILES string of the molecule is CCC[C@H](NC(=O)CN1CCCNCC1)C(=O)O. The largest absolute Gasteiger partial charge is 0.480 e. The third-order valence-electron chi connectivity index (χ3n) is 3.01. The second-order valence-electron chi connectivity index (χ2n) is 4.63. The van der Waals surface area contributed by atoms with Crippen LogP contribution in [0.2, 0.25) is 0 Å². The van der Waals surface area contributed by atoms with Crippen molar-refractivity contribution in [2.24, 2.45) is 0 Å². The molecule has 3 N–H and O–H groups in total. The van der Waals surface area contributed by atoms with Crippen LogP contribution in [-0.4, -0.2) is 60.6 Å². The minimum Gasteiger partial charge on any atom is -0.480 e.